The van der Waals surface area contributed by atoms with Crippen LogP contribution in [-0.2, 0) is 19.1 Å². The monoisotopic (exact) mass is 364 g/mol. The number of carbonyl (C=O) groups excluding carboxylic acids is 4. The second-order valence-electron chi connectivity index (χ2n) is 6.15. The zero-order chi connectivity index (χ0) is 19.1. The summed E-state index contributed by atoms with van der Waals surface area (Å²) in [4.78, 5) is 48.2. The van der Waals surface area contributed by atoms with Crippen LogP contribution in [0.15, 0.2) is 24.3 Å². The van der Waals surface area contributed by atoms with Crippen molar-refractivity contribution in [3.8, 4) is 0 Å². The van der Waals surface area contributed by atoms with Gasteiger partial charge >= 0.3 is 5.97 Å². The molecule has 2 N–H and O–H groups in total. The maximum atomic E-state index is 12.8. The Morgan fingerprint density at radius 1 is 1.08 bits per heavy atom. The number of rotatable bonds is 7. The number of nitrogens with two attached hydrogens (primary N) is 1. The summed E-state index contributed by atoms with van der Waals surface area (Å²) >= 11 is 0. The van der Waals surface area contributed by atoms with Crippen molar-refractivity contribution in [3.63, 3.8) is 0 Å². The lowest BCUT2D eigenvalue weighted by Gasteiger charge is -2.30. The number of ether oxygens (including phenoxy) is 1. The molecule has 1 saturated heterocycles. The molecule has 7 nitrogen and oxygen atoms in total. The molecule has 0 bridgehead atoms. The van der Waals surface area contributed by atoms with E-state index in [9.17, 15) is 23.6 Å². The predicted octanol–water partition coefficient (Wildman–Crippen LogP) is 1.06. The minimum Gasteiger partial charge on any atom is -0.456 e. The number of nitrogens with zero attached hydrogens (tertiary/aromatic N) is 1. The van der Waals surface area contributed by atoms with Crippen LogP contribution in [-0.4, -0.2) is 48.2 Å². The van der Waals surface area contributed by atoms with Crippen LogP contribution in [0.1, 0.15) is 36.0 Å². The Morgan fingerprint density at radius 2 is 1.69 bits per heavy atom. The Bertz CT molecular complexity index is 681. The van der Waals surface area contributed by atoms with E-state index in [2.05, 4.69) is 0 Å². The third-order valence-corrected chi connectivity index (χ3v) is 4.33. The van der Waals surface area contributed by atoms with E-state index in [4.69, 9.17) is 10.5 Å². The number of Topliss-reactive ketones (excluding diaryl/α,β-unsaturated/α-hetero) is 1. The Balaban J connectivity index is 1.68. The van der Waals surface area contributed by atoms with Crippen LogP contribution in [0.3, 0.4) is 0 Å². The van der Waals surface area contributed by atoms with Gasteiger partial charge in [0.1, 0.15) is 5.82 Å². The molecule has 1 heterocycles. The normalized spacial score (nSPS) is 14.7. The third kappa shape index (κ3) is 5.65. The van der Waals surface area contributed by atoms with E-state index in [1.54, 1.807) is 0 Å². The fourth-order valence-electron chi connectivity index (χ4n) is 2.71. The molecular weight excluding hydrogens is 343 g/mol. The Morgan fingerprint density at radius 3 is 2.27 bits per heavy atom. The molecule has 1 aliphatic rings. The lowest BCUT2D eigenvalue weighted by Crippen LogP contribution is -2.43. The highest BCUT2D eigenvalue weighted by Gasteiger charge is 2.26. The van der Waals surface area contributed by atoms with Crippen LogP contribution in [0.25, 0.3) is 0 Å². The van der Waals surface area contributed by atoms with Crippen LogP contribution in [0, 0.1) is 11.7 Å². The average molecular weight is 364 g/mol. The number of carbonyl (C=O) groups is 4. The van der Waals surface area contributed by atoms with Crippen LogP contribution in [0.5, 0.6) is 0 Å². The van der Waals surface area contributed by atoms with Crippen molar-refractivity contribution in [2.45, 2.75) is 25.7 Å². The third-order valence-electron chi connectivity index (χ3n) is 4.33. The molecule has 0 radical (unpaired) electrons. The minimum atomic E-state index is -0.652. The molecule has 140 valence electrons. The molecule has 1 aromatic carbocycles. The van der Waals surface area contributed by atoms with Crippen molar-refractivity contribution in [1.82, 2.24) is 4.90 Å². The molecule has 2 rings (SSSR count). The van der Waals surface area contributed by atoms with Gasteiger partial charge in [-0.15, -0.1) is 0 Å². The van der Waals surface area contributed by atoms with Crippen LogP contribution in [0.4, 0.5) is 4.39 Å². The predicted molar refractivity (Wildman–Crippen MR) is 89.4 cm³/mol. The first-order chi connectivity index (χ1) is 12.4. The van der Waals surface area contributed by atoms with E-state index in [0.29, 0.717) is 31.5 Å². The second kappa shape index (κ2) is 9.07. The van der Waals surface area contributed by atoms with Crippen molar-refractivity contribution < 1.29 is 28.3 Å². The molecule has 0 spiro atoms. The Labute approximate surface area is 150 Å². The first-order valence-corrected chi connectivity index (χ1v) is 8.38. The van der Waals surface area contributed by atoms with Crippen molar-refractivity contribution >= 4 is 23.6 Å². The van der Waals surface area contributed by atoms with Crippen molar-refractivity contribution in [3.05, 3.63) is 35.6 Å². The lowest BCUT2D eigenvalue weighted by atomic mass is 9.96. The number of hydrogen-bond donors (Lipinski definition) is 1. The molecule has 0 aliphatic carbocycles. The van der Waals surface area contributed by atoms with E-state index in [-0.39, 0.29) is 36.4 Å². The first kappa shape index (κ1) is 19.6. The summed E-state index contributed by atoms with van der Waals surface area (Å²) in [6.07, 6.45) is 0.762. The standard InChI is InChI=1S/C18H21FN2O5/c19-14-3-1-12(2-4-14)15(22)5-6-17(24)26-11-16(23)21-9-7-13(8-10-21)18(20)25/h1-4,13H,5-11H2,(H2,20,25). The van der Waals surface area contributed by atoms with Gasteiger partial charge in [0, 0.05) is 31.0 Å². The number of esters is 1. The van der Waals surface area contributed by atoms with Crippen molar-refractivity contribution in [1.29, 1.82) is 0 Å². The summed E-state index contributed by atoms with van der Waals surface area (Å²) in [6.45, 7) is 0.394. The number of benzene rings is 1. The molecule has 0 aromatic heterocycles. The van der Waals surface area contributed by atoms with Gasteiger partial charge in [0.2, 0.25) is 5.91 Å². The fraction of sp³-hybridized carbons (Fsp3) is 0.444. The minimum absolute atomic E-state index is 0.0807. The fourth-order valence-corrected chi connectivity index (χ4v) is 2.71. The number of amides is 2. The van der Waals surface area contributed by atoms with Gasteiger partial charge in [-0.1, -0.05) is 0 Å². The smallest absolute Gasteiger partial charge is 0.306 e. The quantitative estimate of drug-likeness (QED) is 0.575. The average Bonchev–Trinajstić information content (AvgIpc) is 2.64. The van der Waals surface area contributed by atoms with E-state index < -0.39 is 18.4 Å². The van der Waals surface area contributed by atoms with E-state index >= 15 is 0 Å². The van der Waals surface area contributed by atoms with Crippen LogP contribution >= 0.6 is 0 Å². The SMILES string of the molecule is NC(=O)C1CCN(C(=O)COC(=O)CCC(=O)c2ccc(F)cc2)CC1. The van der Waals surface area contributed by atoms with E-state index in [1.165, 1.54) is 29.2 Å². The van der Waals surface area contributed by atoms with E-state index in [1.807, 2.05) is 0 Å². The number of halogens is 1. The molecule has 0 saturated carbocycles. The van der Waals surface area contributed by atoms with Gasteiger partial charge in [0.05, 0.1) is 6.42 Å². The number of ketones is 1. The number of likely N-dealkylation sites (tertiary alicyclic amines) is 1. The lowest BCUT2D eigenvalue weighted by molar-refractivity contribution is -0.152. The molecule has 1 fully saturated rings. The maximum absolute atomic E-state index is 12.8. The molecule has 0 unspecified atom stereocenters. The van der Waals surface area contributed by atoms with E-state index in [0.717, 1.165) is 0 Å². The summed E-state index contributed by atoms with van der Waals surface area (Å²) in [5.41, 5.74) is 5.55. The highest BCUT2D eigenvalue weighted by atomic mass is 19.1. The highest BCUT2D eigenvalue weighted by Crippen LogP contribution is 2.16. The maximum Gasteiger partial charge on any atom is 0.306 e. The number of hydrogen-bond acceptors (Lipinski definition) is 5. The van der Waals surface area contributed by atoms with Gasteiger partial charge in [0.15, 0.2) is 12.4 Å². The van der Waals surface area contributed by atoms with Gasteiger partial charge in [-0.25, -0.2) is 4.39 Å². The molecule has 0 atom stereocenters. The number of piperidine rings is 1. The zero-order valence-electron chi connectivity index (χ0n) is 14.3. The summed E-state index contributed by atoms with van der Waals surface area (Å²) < 4.78 is 17.7. The molecule has 1 aromatic rings. The second-order valence-corrected chi connectivity index (χ2v) is 6.15. The van der Waals surface area contributed by atoms with Crippen molar-refractivity contribution in [2.75, 3.05) is 19.7 Å². The highest BCUT2D eigenvalue weighted by molar-refractivity contribution is 5.97. The van der Waals surface area contributed by atoms with Gasteiger partial charge in [0.25, 0.3) is 5.91 Å². The number of primary amides is 1. The zero-order valence-corrected chi connectivity index (χ0v) is 14.3. The molecule has 2 amide bonds. The largest absolute Gasteiger partial charge is 0.456 e. The molecule has 1 aliphatic heterocycles. The summed E-state index contributed by atoms with van der Waals surface area (Å²) in [7, 11) is 0. The topological polar surface area (TPSA) is 107 Å². The van der Waals surface area contributed by atoms with Crippen molar-refractivity contribution in [2.24, 2.45) is 11.7 Å². The van der Waals surface area contributed by atoms with Gasteiger partial charge < -0.3 is 15.4 Å². The van der Waals surface area contributed by atoms with Gasteiger partial charge in [-0.05, 0) is 37.1 Å². The summed E-state index contributed by atoms with van der Waals surface area (Å²) in [5, 5.41) is 0. The van der Waals surface area contributed by atoms with Crippen LogP contribution < -0.4 is 5.73 Å². The van der Waals surface area contributed by atoms with Crippen LogP contribution in [0.2, 0.25) is 0 Å². The summed E-state index contributed by atoms with van der Waals surface area (Å²) in [6, 6.07) is 5.04. The van der Waals surface area contributed by atoms with Gasteiger partial charge in [-0.2, -0.15) is 0 Å². The Kier molecular flexibility index (Phi) is 6.82. The Hall–Kier alpha value is -2.77. The summed E-state index contributed by atoms with van der Waals surface area (Å²) in [5.74, 6) is -2.33. The first-order valence-electron chi connectivity index (χ1n) is 8.38. The van der Waals surface area contributed by atoms with Gasteiger partial charge in [-0.3, -0.25) is 19.2 Å². The molecular formula is C18H21FN2O5. The molecule has 8 heteroatoms. The molecule has 26 heavy (non-hydrogen) atoms.